The van der Waals surface area contributed by atoms with Gasteiger partial charge in [0.05, 0.1) is 12.5 Å². The van der Waals surface area contributed by atoms with E-state index in [-0.39, 0.29) is 12.4 Å². The standard InChI is InChI=1S/C12H14N2O.ClH/c1-10-12(3-2-5-14-10)8-13-7-11-4-6-15-9-11;/h2-6,9,13H,7-8H2,1H3;1H. The molecule has 0 fully saturated rings. The molecule has 0 aromatic carbocycles. The van der Waals surface area contributed by atoms with E-state index in [9.17, 15) is 0 Å². The third-order valence-electron chi connectivity index (χ3n) is 2.34. The van der Waals surface area contributed by atoms with Gasteiger partial charge in [-0.15, -0.1) is 12.4 Å². The van der Waals surface area contributed by atoms with Crippen LogP contribution in [0.3, 0.4) is 0 Å². The molecule has 0 atom stereocenters. The fourth-order valence-corrected chi connectivity index (χ4v) is 1.44. The lowest BCUT2D eigenvalue weighted by Gasteiger charge is -2.05. The third kappa shape index (κ3) is 3.36. The Kier molecular flexibility index (Phi) is 5.02. The number of nitrogens with zero attached hydrogens (tertiary/aromatic N) is 1. The Morgan fingerprint density at radius 1 is 1.31 bits per heavy atom. The SMILES string of the molecule is Cc1ncccc1CNCc1ccoc1.Cl. The van der Waals surface area contributed by atoms with Crippen molar-refractivity contribution in [2.75, 3.05) is 0 Å². The maximum atomic E-state index is 4.99. The largest absolute Gasteiger partial charge is 0.472 e. The first-order valence-electron chi connectivity index (χ1n) is 4.98. The van der Waals surface area contributed by atoms with Gasteiger partial charge in [0, 0.05) is 30.5 Å². The van der Waals surface area contributed by atoms with Crippen LogP contribution >= 0.6 is 12.4 Å². The number of halogens is 1. The quantitative estimate of drug-likeness (QED) is 0.890. The second-order valence-electron chi connectivity index (χ2n) is 3.48. The minimum Gasteiger partial charge on any atom is -0.472 e. The summed E-state index contributed by atoms with van der Waals surface area (Å²) in [4.78, 5) is 4.24. The zero-order chi connectivity index (χ0) is 10.5. The van der Waals surface area contributed by atoms with Crippen molar-refractivity contribution < 1.29 is 4.42 Å². The number of nitrogens with one attached hydrogen (secondary N) is 1. The topological polar surface area (TPSA) is 38.1 Å². The van der Waals surface area contributed by atoms with Gasteiger partial charge in [0.2, 0.25) is 0 Å². The Labute approximate surface area is 101 Å². The lowest BCUT2D eigenvalue weighted by Crippen LogP contribution is -2.13. The summed E-state index contributed by atoms with van der Waals surface area (Å²) in [6.07, 6.45) is 5.25. The van der Waals surface area contributed by atoms with Crippen LogP contribution < -0.4 is 5.32 Å². The Balaban J connectivity index is 0.00000128. The Morgan fingerprint density at radius 3 is 2.88 bits per heavy atom. The van der Waals surface area contributed by atoms with Crippen molar-refractivity contribution in [1.82, 2.24) is 10.3 Å². The number of pyridine rings is 1. The van der Waals surface area contributed by atoms with Crippen LogP contribution in [0.1, 0.15) is 16.8 Å². The Hall–Kier alpha value is -1.32. The number of rotatable bonds is 4. The van der Waals surface area contributed by atoms with Crippen LogP contribution in [0, 0.1) is 6.92 Å². The number of aromatic nitrogens is 1. The van der Waals surface area contributed by atoms with Crippen molar-refractivity contribution in [2.24, 2.45) is 0 Å². The monoisotopic (exact) mass is 238 g/mol. The van der Waals surface area contributed by atoms with Gasteiger partial charge in [-0.25, -0.2) is 0 Å². The van der Waals surface area contributed by atoms with Crippen molar-refractivity contribution in [3.05, 3.63) is 53.7 Å². The first kappa shape index (κ1) is 12.7. The summed E-state index contributed by atoms with van der Waals surface area (Å²) in [5, 5.41) is 3.34. The molecule has 0 aliphatic carbocycles. The van der Waals surface area contributed by atoms with Crippen LogP contribution in [-0.4, -0.2) is 4.98 Å². The van der Waals surface area contributed by atoms with E-state index in [0.29, 0.717) is 0 Å². The zero-order valence-corrected chi connectivity index (χ0v) is 9.96. The molecule has 1 N–H and O–H groups in total. The lowest BCUT2D eigenvalue weighted by molar-refractivity contribution is 0.560. The van der Waals surface area contributed by atoms with Gasteiger partial charge in [-0.2, -0.15) is 0 Å². The summed E-state index contributed by atoms with van der Waals surface area (Å²) in [5.41, 5.74) is 3.48. The summed E-state index contributed by atoms with van der Waals surface area (Å²) in [7, 11) is 0. The van der Waals surface area contributed by atoms with Crippen LogP contribution in [0.5, 0.6) is 0 Å². The number of furan rings is 1. The highest BCUT2D eigenvalue weighted by atomic mass is 35.5. The molecule has 0 radical (unpaired) electrons. The first-order chi connectivity index (χ1) is 7.36. The fourth-order valence-electron chi connectivity index (χ4n) is 1.44. The summed E-state index contributed by atoms with van der Waals surface area (Å²) in [5.74, 6) is 0. The van der Waals surface area contributed by atoms with E-state index in [1.165, 1.54) is 5.56 Å². The molecule has 0 amide bonds. The molecular formula is C12H15ClN2O. The van der Waals surface area contributed by atoms with Crippen LogP contribution in [-0.2, 0) is 13.1 Å². The molecule has 2 heterocycles. The van der Waals surface area contributed by atoms with Crippen LogP contribution in [0.2, 0.25) is 0 Å². The van der Waals surface area contributed by atoms with Crippen molar-refractivity contribution in [2.45, 2.75) is 20.0 Å². The summed E-state index contributed by atoms with van der Waals surface area (Å²) in [6.45, 7) is 3.69. The highest BCUT2D eigenvalue weighted by molar-refractivity contribution is 5.85. The van der Waals surface area contributed by atoms with E-state index in [1.54, 1.807) is 12.5 Å². The van der Waals surface area contributed by atoms with E-state index in [2.05, 4.69) is 16.4 Å². The molecule has 86 valence electrons. The van der Waals surface area contributed by atoms with E-state index in [1.807, 2.05) is 25.3 Å². The van der Waals surface area contributed by atoms with Crippen molar-refractivity contribution in [3.63, 3.8) is 0 Å². The van der Waals surface area contributed by atoms with Gasteiger partial charge in [-0.1, -0.05) is 6.07 Å². The molecule has 16 heavy (non-hydrogen) atoms. The maximum Gasteiger partial charge on any atom is 0.0947 e. The summed E-state index contributed by atoms with van der Waals surface area (Å²) in [6, 6.07) is 6.01. The van der Waals surface area contributed by atoms with Crippen LogP contribution in [0.25, 0.3) is 0 Å². The molecule has 2 aromatic heterocycles. The summed E-state index contributed by atoms with van der Waals surface area (Å²) >= 11 is 0. The number of hydrogen-bond donors (Lipinski definition) is 1. The van der Waals surface area contributed by atoms with Crippen molar-refractivity contribution in [3.8, 4) is 0 Å². The predicted octanol–water partition coefficient (Wildman–Crippen LogP) is 2.69. The lowest BCUT2D eigenvalue weighted by atomic mass is 10.2. The second kappa shape index (κ2) is 6.30. The molecule has 0 saturated heterocycles. The first-order valence-corrected chi connectivity index (χ1v) is 4.98. The van der Waals surface area contributed by atoms with Gasteiger partial charge in [0.15, 0.2) is 0 Å². The molecule has 0 aliphatic rings. The van der Waals surface area contributed by atoms with Crippen LogP contribution in [0.4, 0.5) is 0 Å². The molecule has 4 heteroatoms. The molecule has 0 bridgehead atoms. The second-order valence-corrected chi connectivity index (χ2v) is 3.48. The van der Waals surface area contributed by atoms with E-state index in [4.69, 9.17) is 4.42 Å². The number of aryl methyl sites for hydroxylation is 1. The number of hydrogen-bond acceptors (Lipinski definition) is 3. The highest BCUT2D eigenvalue weighted by Crippen LogP contribution is 2.04. The smallest absolute Gasteiger partial charge is 0.0947 e. The van der Waals surface area contributed by atoms with Gasteiger partial charge >= 0.3 is 0 Å². The molecule has 2 rings (SSSR count). The molecule has 0 spiro atoms. The van der Waals surface area contributed by atoms with Gasteiger partial charge in [0.1, 0.15) is 0 Å². The van der Waals surface area contributed by atoms with Gasteiger partial charge in [0.25, 0.3) is 0 Å². The molecule has 0 unspecified atom stereocenters. The van der Waals surface area contributed by atoms with E-state index >= 15 is 0 Å². The predicted molar refractivity (Wildman–Crippen MR) is 65.5 cm³/mol. The fraction of sp³-hybridized carbons (Fsp3) is 0.250. The maximum absolute atomic E-state index is 4.99. The van der Waals surface area contributed by atoms with E-state index in [0.717, 1.165) is 24.3 Å². The average Bonchev–Trinajstić information content (AvgIpc) is 2.74. The Morgan fingerprint density at radius 2 is 2.19 bits per heavy atom. The molecular weight excluding hydrogens is 224 g/mol. The minimum absolute atomic E-state index is 0. The van der Waals surface area contributed by atoms with Crippen molar-refractivity contribution in [1.29, 1.82) is 0 Å². The van der Waals surface area contributed by atoms with Gasteiger partial charge in [-0.3, -0.25) is 4.98 Å². The molecule has 3 nitrogen and oxygen atoms in total. The van der Waals surface area contributed by atoms with Gasteiger partial charge in [-0.05, 0) is 24.6 Å². The Bertz CT molecular complexity index is 415. The van der Waals surface area contributed by atoms with Gasteiger partial charge < -0.3 is 9.73 Å². The minimum atomic E-state index is 0. The zero-order valence-electron chi connectivity index (χ0n) is 9.14. The van der Waals surface area contributed by atoms with E-state index < -0.39 is 0 Å². The average molecular weight is 239 g/mol. The van der Waals surface area contributed by atoms with Crippen molar-refractivity contribution >= 4 is 12.4 Å². The highest BCUT2D eigenvalue weighted by Gasteiger charge is 1.98. The molecule has 0 saturated carbocycles. The normalized spacial score (nSPS) is 9.81. The summed E-state index contributed by atoms with van der Waals surface area (Å²) < 4.78 is 4.99. The van der Waals surface area contributed by atoms with Crippen LogP contribution in [0.15, 0.2) is 41.3 Å². The molecule has 0 aliphatic heterocycles. The molecule has 2 aromatic rings. The third-order valence-corrected chi connectivity index (χ3v) is 2.34.